The third kappa shape index (κ3) is 2.31. The minimum Gasteiger partial charge on any atom is -0.459 e. The molecule has 21 heavy (non-hydrogen) atoms. The van der Waals surface area contributed by atoms with Gasteiger partial charge in [-0.2, -0.15) is 0 Å². The quantitative estimate of drug-likeness (QED) is 0.748. The van der Waals surface area contributed by atoms with Gasteiger partial charge in [0.2, 0.25) is 0 Å². The minimum absolute atomic E-state index is 0.177. The van der Waals surface area contributed by atoms with Gasteiger partial charge in [0, 0.05) is 24.7 Å². The first-order valence-electron chi connectivity index (χ1n) is 8.39. The van der Waals surface area contributed by atoms with E-state index in [0.717, 1.165) is 19.3 Å². The van der Waals surface area contributed by atoms with Crippen molar-refractivity contribution in [2.45, 2.75) is 83.9 Å². The minimum atomic E-state index is -0.460. The zero-order chi connectivity index (χ0) is 15.4. The number of hydrogen-bond donors (Lipinski definition) is 0. The molecule has 4 heteroatoms. The molecule has 4 nitrogen and oxygen atoms in total. The molecule has 120 valence electrons. The van der Waals surface area contributed by atoms with E-state index in [0.29, 0.717) is 24.0 Å². The average Bonchev–Trinajstić information content (AvgIpc) is 3.06. The number of esters is 1. The predicted octanol–water partition coefficient (Wildman–Crippen LogP) is 2.94. The monoisotopic (exact) mass is 296 g/mol. The Labute approximate surface area is 127 Å². The molecule has 0 aromatic heterocycles. The first-order chi connectivity index (χ1) is 9.89. The number of ether oxygens (including phenoxy) is 3. The molecule has 0 saturated carbocycles. The standard InChI is InChI=1S/C17H28O4/c1-6-11-14-13-8-10(17(4,5)21-9(3)18)16(20-13)15(14)12(7-2)19-11/h10-16H,6-8H2,1-5H3. The van der Waals surface area contributed by atoms with Gasteiger partial charge in [-0.25, -0.2) is 0 Å². The van der Waals surface area contributed by atoms with Gasteiger partial charge in [-0.05, 0) is 33.1 Å². The van der Waals surface area contributed by atoms with Crippen molar-refractivity contribution in [3.05, 3.63) is 0 Å². The van der Waals surface area contributed by atoms with Crippen LogP contribution in [0.5, 0.6) is 0 Å². The third-order valence-electron chi connectivity index (χ3n) is 5.78. The van der Waals surface area contributed by atoms with Crippen molar-refractivity contribution in [3.63, 3.8) is 0 Å². The van der Waals surface area contributed by atoms with Crippen molar-refractivity contribution in [3.8, 4) is 0 Å². The maximum Gasteiger partial charge on any atom is 0.303 e. The van der Waals surface area contributed by atoms with E-state index in [1.807, 2.05) is 13.8 Å². The van der Waals surface area contributed by atoms with Crippen LogP contribution < -0.4 is 0 Å². The van der Waals surface area contributed by atoms with Gasteiger partial charge < -0.3 is 14.2 Å². The summed E-state index contributed by atoms with van der Waals surface area (Å²) in [4.78, 5) is 11.4. The summed E-state index contributed by atoms with van der Waals surface area (Å²) in [6.07, 6.45) is 4.17. The average molecular weight is 296 g/mol. The highest BCUT2D eigenvalue weighted by atomic mass is 16.6. The van der Waals surface area contributed by atoms with E-state index in [9.17, 15) is 4.79 Å². The summed E-state index contributed by atoms with van der Waals surface area (Å²) < 4.78 is 18.2. The number of hydrogen-bond acceptors (Lipinski definition) is 4. The third-order valence-corrected chi connectivity index (χ3v) is 5.78. The lowest BCUT2D eigenvalue weighted by Gasteiger charge is -2.39. The summed E-state index contributed by atoms with van der Waals surface area (Å²) in [5.41, 5.74) is -0.460. The summed E-state index contributed by atoms with van der Waals surface area (Å²) >= 11 is 0. The van der Waals surface area contributed by atoms with Gasteiger partial charge in [-0.3, -0.25) is 4.79 Å². The van der Waals surface area contributed by atoms with E-state index in [2.05, 4.69) is 13.8 Å². The van der Waals surface area contributed by atoms with Crippen molar-refractivity contribution in [2.75, 3.05) is 0 Å². The molecule has 0 aromatic carbocycles. The topological polar surface area (TPSA) is 44.8 Å². The van der Waals surface area contributed by atoms with Crippen LogP contribution in [0.3, 0.4) is 0 Å². The van der Waals surface area contributed by atoms with E-state index < -0.39 is 5.60 Å². The van der Waals surface area contributed by atoms with E-state index in [-0.39, 0.29) is 24.1 Å². The molecule has 0 aromatic rings. The van der Waals surface area contributed by atoms with E-state index in [4.69, 9.17) is 14.2 Å². The molecule has 3 heterocycles. The Morgan fingerprint density at radius 1 is 1.14 bits per heavy atom. The Morgan fingerprint density at radius 2 is 1.76 bits per heavy atom. The van der Waals surface area contributed by atoms with Crippen LogP contribution in [0.25, 0.3) is 0 Å². The van der Waals surface area contributed by atoms with Crippen molar-refractivity contribution >= 4 is 5.97 Å². The van der Waals surface area contributed by atoms with Gasteiger partial charge in [-0.15, -0.1) is 0 Å². The molecule has 0 aliphatic carbocycles. The Hall–Kier alpha value is -0.610. The van der Waals surface area contributed by atoms with Gasteiger partial charge in [0.15, 0.2) is 0 Å². The van der Waals surface area contributed by atoms with Gasteiger partial charge in [0.05, 0.1) is 24.4 Å². The molecule has 3 saturated heterocycles. The van der Waals surface area contributed by atoms with Crippen LogP contribution >= 0.6 is 0 Å². The predicted molar refractivity (Wildman–Crippen MR) is 78.8 cm³/mol. The van der Waals surface area contributed by atoms with Crippen LogP contribution in [0, 0.1) is 17.8 Å². The van der Waals surface area contributed by atoms with Crippen molar-refractivity contribution < 1.29 is 19.0 Å². The highest BCUT2D eigenvalue weighted by molar-refractivity contribution is 5.66. The van der Waals surface area contributed by atoms with Gasteiger partial charge in [0.25, 0.3) is 0 Å². The second-order valence-electron chi connectivity index (χ2n) is 7.36. The van der Waals surface area contributed by atoms with Crippen LogP contribution in [0.1, 0.15) is 53.9 Å². The van der Waals surface area contributed by atoms with Gasteiger partial charge in [-0.1, -0.05) is 13.8 Å². The SMILES string of the molecule is CCC1OC(CC)C2C3OC(CC3C(C)(C)OC(C)=O)C12. The Morgan fingerprint density at radius 3 is 2.33 bits per heavy atom. The van der Waals surface area contributed by atoms with Gasteiger partial charge in [0.1, 0.15) is 5.60 Å². The summed E-state index contributed by atoms with van der Waals surface area (Å²) in [5, 5.41) is 0. The first-order valence-corrected chi connectivity index (χ1v) is 8.39. The lowest BCUT2D eigenvalue weighted by Crippen LogP contribution is -2.47. The van der Waals surface area contributed by atoms with Crippen LogP contribution in [-0.4, -0.2) is 36.0 Å². The molecular weight excluding hydrogens is 268 g/mol. The number of carbonyl (C=O) groups is 1. The van der Waals surface area contributed by atoms with Crippen LogP contribution in [0.4, 0.5) is 0 Å². The second kappa shape index (κ2) is 5.24. The Bertz CT molecular complexity index is 419. The highest BCUT2D eigenvalue weighted by Crippen LogP contribution is 2.57. The lowest BCUT2D eigenvalue weighted by atomic mass is 9.66. The van der Waals surface area contributed by atoms with E-state index in [1.165, 1.54) is 6.92 Å². The molecule has 0 spiro atoms. The summed E-state index contributed by atoms with van der Waals surface area (Å²) in [6.45, 7) is 9.92. The molecule has 0 amide bonds. The molecular formula is C17H28O4. The first kappa shape index (κ1) is 15.3. The lowest BCUT2D eigenvalue weighted by molar-refractivity contribution is -0.162. The maximum absolute atomic E-state index is 11.4. The summed E-state index contributed by atoms with van der Waals surface area (Å²) in [7, 11) is 0. The molecule has 3 aliphatic heterocycles. The molecule has 3 fully saturated rings. The number of rotatable bonds is 4. The van der Waals surface area contributed by atoms with Gasteiger partial charge >= 0.3 is 5.97 Å². The molecule has 0 N–H and O–H groups in total. The molecule has 7 unspecified atom stereocenters. The molecule has 7 atom stereocenters. The number of carbonyl (C=O) groups excluding carboxylic acids is 1. The van der Waals surface area contributed by atoms with Crippen LogP contribution in [0.15, 0.2) is 0 Å². The highest BCUT2D eigenvalue weighted by Gasteiger charge is 2.64. The Kier molecular flexibility index (Phi) is 3.81. The molecule has 3 aliphatic rings. The molecule has 2 bridgehead atoms. The van der Waals surface area contributed by atoms with E-state index in [1.54, 1.807) is 0 Å². The summed E-state index contributed by atoms with van der Waals surface area (Å²) in [6, 6.07) is 0. The fraction of sp³-hybridized carbons (Fsp3) is 0.941. The van der Waals surface area contributed by atoms with Crippen molar-refractivity contribution in [2.24, 2.45) is 17.8 Å². The van der Waals surface area contributed by atoms with E-state index >= 15 is 0 Å². The fourth-order valence-corrected chi connectivity index (χ4v) is 5.03. The Balaban J connectivity index is 1.81. The fourth-order valence-electron chi connectivity index (χ4n) is 5.03. The smallest absolute Gasteiger partial charge is 0.303 e. The molecule has 0 radical (unpaired) electrons. The van der Waals surface area contributed by atoms with Crippen LogP contribution in [0.2, 0.25) is 0 Å². The number of fused-ring (bicyclic) bond motifs is 5. The zero-order valence-corrected chi connectivity index (χ0v) is 13.8. The zero-order valence-electron chi connectivity index (χ0n) is 13.8. The van der Waals surface area contributed by atoms with Crippen molar-refractivity contribution in [1.82, 2.24) is 0 Å². The normalized spacial score (nSPS) is 44.9. The largest absolute Gasteiger partial charge is 0.459 e. The van der Waals surface area contributed by atoms with Crippen molar-refractivity contribution in [1.29, 1.82) is 0 Å². The molecule has 3 rings (SSSR count). The summed E-state index contributed by atoms with van der Waals surface area (Å²) in [5.74, 6) is 1.08. The maximum atomic E-state index is 11.4. The van der Waals surface area contributed by atoms with Crippen LogP contribution in [-0.2, 0) is 19.0 Å². The second-order valence-corrected chi connectivity index (χ2v) is 7.36.